The van der Waals surface area contributed by atoms with E-state index in [9.17, 15) is 4.79 Å². The summed E-state index contributed by atoms with van der Waals surface area (Å²) in [5.74, 6) is -0.984. The van der Waals surface area contributed by atoms with E-state index < -0.39 is 5.97 Å². The standard InChI is InChI=1S/C6H7NO4/c1-2-10-4-3-11-7-5(4)6(8)9/h3H,2H2,1H3,(H,8,9). The SMILES string of the molecule is CCOc1conc1C(=O)O. The van der Waals surface area contributed by atoms with E-state index in [2.05, 4.69) is 9.68 Å². The zero-order valence-electron chi connectivity index (χ0n) is 5.90. The zero-order chi connectivity index (χ0) is 8.27. The van der Waals surface area contributed by atoms with E-state index in [1.54, 1.807) is 6.92 Å². The summed E-state index contributed by atoms with van der Waals surface area (Å²) < 4.78 is 9.30. The molecule has 0 atom stereocenters. The van der Waals surface area contributed by atoms with Gasteiger partial charge in [0.15, 0.2) is 12.0 Å². The third kappa shape index (κ3) is 1.49. The Labute approximate surface area is 62.6 Å². The molecule has 0 fully saturated rings. The molecule has 1 heterocycles. The second kappa shape index (κ2) is 3.05. The van der Waals surface area contributed by atoms with Gasteiger partial charge in [-0.2, -0.15) is 0 Å². The van der Waals surface area contributed by atoms with E-state index in [-0.39, 0.29) is 11.4 Å². The van der Waals surface area contributed by atoms with E-state index in [1.807, 2.05) is 0 Å². The molecule has 0 aliphatic rings. The van der Waals surface area contributed by atoms with Crippen LogP contribution in [0.2, 0.25) is 0 Å². The minimum absolute atomic E-state index is 0.167. The van der Waals surface area contributed by atoms with Crippen molar-refractivity contribution in [3.05, 3.63) is 12.0 Å². The summed E-state index contributed by atoms with van der Waals surface area (Å²) in [6.45, 7) is 2.14. The highest BCUT2D eigenvalue weighted by Crippen LogP contribution is 2.15. The van der Waals surface area contributed by atoms with Gasteiger partial charge in [0.25, 0.3) is 0 Å². The van der Waals surface area contributed by atoms with Gasteiger partial charge < -0.3 is 14.4 Å². The molecule has 0 aliphatic heterocycles. The Kier molecular flexibility index (Phi) is 2.10. The molecular weight excluding hydrogens is 150 g/mol. The van der Waals surface area contributed by atoms with Crippen molar-refractivity contribution in [3.8, 4) is 5.75 Å². The first-order valence-corrected chi connectivity index (χ1v) is 3.06. The lowest BCUT2D eigenvalue weighted by Gasteiger charge is -1.96. The molecule has 0 amide bonds. The third-order valence-electron chi connectivity index (χ3n) is 1.04. The average molecular weight is 157 g/mol. The number of aromatic carboxylic acids is 1. The summed E-state index contributed by atoms with van der Waals surface area (Å²) in [6, 6.07) is 0. The quantitative estimate of drug-likeness (QED) is 0.701. The van der Waals surface area contributed by atoms with Crippen molar-refractivity contribution in [1.29, 1.82) is 0 Å². The van der Waals surface area contributed by atoms with E-state index in [4.69, 9.17) is 9.84 Å². The van der Waals surface area contributed by atoms with Crippen molar-refractivity contribution in [2.45, 2.75) is 6.92 Å². The normalized spacial score (nSPS) is 9.55. The second-order valence-electron chi connectivity index (χ2n) is 1.77. The maximum atomic E-state index is 10.4. The molecule has 0 radical (unpaired) electrons. The molecule has 0 aliphatic carbocycles. The molecule has 0 saturated heterocycles. The first-order chi connectivity index (χ1) is 5.25. The van der Waals surface area contributed by atoms with Crippen molar-refractivity contribution >= 4 is 5.97 Å². The number of rotatable bonds is 3. The van der Waals surface area contributed by atoms with Crippen LogP contribution in [0.25, 0.3) is 0 Å². The number of carboxylic acids is 1. The fourth-order valence-electron chi connectivity index (χ4n) is 0.630. The second-order valence-corrected chi connectivity index (χ2v) is 1.77. The Bertz CT molecular complexity index is 255. The van der Waals surface area contributed by atoms with Crippen molar-refractivity contribution in [2.75, 3.05) is 6.61 Å². The van der Waals surface area contributed by atoms with Crippen LogP contribution < -0.4 is 4.74 Å². The van der Waals surface area contributed by atoms with Crippen molar-refractivity contribution in [3.63, 3.8) is 0 Å². The van der Waals surface area contributed by atoms with Gasteiger partial charge in [-0.25, -0.2) is 4.79 Å². The average Bonchev–Trinajstić information content (AvgIpc) is 2.36. The van der Waals surface area contributed by atoms with Crippen LogP contribution >= 0.6 is 0 Å². The van der Waals surface area contributed by atoms with E-state index in [0.717, 1.165) is 6.26 Å². The molecule has 0 aromatic carbocycles. The molecular formula is C6H7NO4. The number of hydrogen-bond donors (Lipinski definition) is 1. The summed E-state index contributed by atoms with van der Waals surface area (Å²) >= 11 is 0. The lowest BCUT2D eigenvalue weighted by atomic mass is 10.4. The first-order valence-electron chi connectivity index (χ1n) is 3.06. The summed E-state index contributed by atoms with van der Waals surface area (Å²) in [5, 5.41) is 11.7. The maximum absolute atomic E-state index is 10.4. The molecule has 60 valence electrons. The predicted octanol–water partition coefficient (Wildman–Crippen LogP) is 0.771. The summed E-state index contributed by atoms with van der Waals surface area (Å²) in [5.41, 5.74) is -0.188. The molecule has 1 rings (SSSR count). The Balaban J connectivity index is 2.87. The summed E-state index contributed by atoms with van der Waals surface area (Å²) in [7, 11) is 0. The van der Waals surface area contributed by atoms with Crippen LogP contribution in [0.5, 0.6) is 5.75 Å². The molecule has 1 aromatic heterocycles. The lowest BCUT2D eigenvalue weighted by molar-refractivity contribution is 0.0682. The van der Waals surface area contributed by atoms with Gasteiger partial charge in [0.05, 0.1) is 6.61 Å². The maximum Gasteiger partial charge on any atom is 0.362 e. The Morgan fingerprint density at radius 2 is 2.64 bits per heavy atom. The number of aromatic nitrogens is 1. The fraction of sp³-hybridized carbons (Fsp3) is 0.333. The van der Waals surface area contributed by atoms with Crippen molar-refractivity contribution in [1.82, 2.24) is 5.16 Å². The summed E-state index contributed by atoms with van der Waals surface area (Å²) in [4.78, 5) is 10.4. The Morgan fingerprint density at radius 3 is 3.18 bits per heavy atom. The number of carboxylic acid groups (broad SMARTS) is 1. The number of nitrogens with zero attached hydrogens (tertiary/aromatic N) is 1. The van der Waals surface area contributed by atoms with Crippen LogP contribution in [0.3, 0.4) is 0 Å². The number of ether oxygens (including phenoxy) is 1. The monoisotopic (exact) mass is 157 g/mol. The van der Waals surface area contributed by atoms with Gasteiger partial charge in [0, 0.05) is 0 Å². The molecule has 1 aromatic rings. The van der Waals surface area contributed by atoms with E-state index in [0.29, 0.717) is 6.61 Å². The van der Waals surface area contributed by atoms with E-state index in [1.165, 1.54) is 0 Å². The van der Waals surface area contributed by atoms with Gasteiger partial charge in [-0.1, -0.05) is 5.16 Å². The molecule has 1 N–H and O–H groups in total. The molecule has 0 unspecified atom stereocenters. The Morgan fingerprint density at radius 1 is 1.91 bits per heavy atom. The molecule has 0 saturated carbocycles. The van der Waals surface area contributed by atoms with Gasteiger partial charge in [0.1, 0.15) is 0 Å². The van der Waals surface area contributed by atoms with Crippen LogP contribution in [-0.2, 0) is 0 Å². The highest BCUT2D eigenvalue weighted by atomic mass is 16.5. The largest absolute Gasteiger partial charge is 0.488 e. The van der Waals surface area contributed by atoms with Crippen LogP contribution in [-0.4, -0.2) is 22.8 Å². The fourth-order valence-corrected chi connectivity index (χ4v) is 0.630. The van der Waals surface area contributed by atoms with Crippen LogP contribution in [0.1, 0.15) is 17.4 Å². The molecule has 11 heavy (non-hydrogen) atoms. The van der Waals surface area contributed by atoms with Crippen LogP contribution in [0.15, 0.2) is 10.8 Å². The topological polar surface area (TPSA) is 72.6 Å². The van der Waals surface area contributed by atoms with Crippen LogP contribution in [0, 0.1) is 0 Å². The third-order valence-corrected chi connectivity index (χ3v) is 1.04. The Hall–Kier alpha value is -1.52. The highest BCUT2D eigenvalue weighted by Gasteiger charge is 2.15. The van der Waals surface area contributed by atoms with Gasteiger partial charge in [0.2, 0.25) is 5.69 Å². The van der Waals surface area contributed by atoms with Crippen molar-refractivity contribution < 1.29 is 19.2 Å². The van der Waals surface area contributed by atoms with E-state index >= 15 is 0 Å². The highest BCUT2D eigenvalue weighted by molar-refractivity contribution is 5.88. The van der Waals surface area contributed by atoms with Gasteiger partial charge >= 0.3 is 5.97 Å². The zero-order valence-corrected chi connectivity index (χ0v) is 5.90. The van der Waals surface area contributed by atoms with Crippen LogP contribution in [0.4, 0.5) is 0 Å². The molecule has 0 bridgehead atoms. The van der Waals surface area contributed by atoms with Crippen molar-refractivity contribution in [2.24, 2.45) is 0 Å². The molecule has 5 nitrogen and oxygen atoms in total. The lowest BCUT2D eigenvalue weighted by Crippen LogP contribution is -2.01. The predicted molar refractivity (Wildman–Crippen MR) is 34.6 cm³/mol. The minimum Gasteiger partial charge on any atom is -0.488 e. The van der Waals surface area contributed by atoms with Gasteiger partial charge in [-0.05, 0) is 6.92 Å². The smallest absolute Gasteiger partial charge is 0.362 e. The minimum atomic E-state index is -1.15. The number of hydrogen-bond acceptors (Lipinski definition) is 4. The van der Waals surface area contributed by atoms with Gasteiger partial charge in [-0.3, -0.25) is 0 Å². The molecule has 0 spiro atoms. The van der Waals surface area contributed by atoms with Gasteiger partial charge in [-0.15, -0.1) is 0 Å². The summed E-state index contributed by atoms with van der Waals surface area (Å²) in [6.07, 6.45) is 1.16. The first kappa shape index (κ1) is 7.59. The number of carbonyl (C=O) groups is 1. The molecule has 5 heteroatoms.